The van der Waals surface area contributed by atoms with E-state index in [1.807, 2.05) is 0 Å². The zero-order chi connectivity index (χ0) is 20.7. The van der Waals surface area contributed by atoms with Gasteiger partial charge in [-0.1, -0.05) is 38.1 Å². The molecule has 0 fully saturated rings. The highest BCUT2D eigenvalue weighted by Crippen LogP contribution is 2.10. The van der Waals surface area contributed by atoms with Crippen LogP contribution in [0.5, 0.6) is 0 Å². The quantitative estimate of drug-likeness (QED) is 0.683. The number of halogens is 1. The molecule has 0 aliphatic heterocycles. The maximum Gasteiger partial charge on any atom is 0.254 e. The molecule has 7 heteroatoms. The van der Waals surface area contributed by atoms with Crippen LogP contribution in [0.15, 0.2) is 48.5 Å². The minimum Gasteiger partial charge on any atom is -0.355 e. The van der Waals surface area contributed by atoms with Crippen molar-refractivity contribution in [1.82, 2.24) is 16.0 Å². The summed E-state index contributed by atoms with van der Waals surface area (Å²) in [5, 5.41) is 7.90. The maximum absolute atomic E-state index is 13.8. The van der Waals surface area contributed by atoms with Crippen molar-refractivity contribution < 1.29 is 18.8 Å². The van der Waals surface area contributed by atoms with E-state index in [1.54, 1.807) is 51.2 Å². The zero-order valence-corrected chi connectivity index (χ0v) is 16.1. The van der Waals surface area contributed by atoms with E-state index in [0.717, 1.165) is 5.56 Å². The highest BCUT2D eigenvalue weighted by molar-refractivity contribution is 5.97. The average Bonchev–Trinajstić information content (AvgIpc) is 2.69. The summed E-state index contributed by atoms with van der Waals surface area (Å²) in [5.74, 6) is -2.02. The van der Waals surface area contributed by atoms with Crippen molar-refractivity contribution in [2.75, 3.05) is 7.05 Å². The number of nitrogens with one attached hydrogen (secondary N) is 3. The molecule has 0 radical (unpaired) electrons. The molecule has 28 heavy (non-hydrogen) atoms. The van der Waals surface area contributed by atoms with Gasteiger partial charge in [0, 0.05) is 19.2 Å². The van der Waals surface area contributed by atoms with Crippen LogP contribution >= 0.6 is 0 Å². The van der Waals surface area contributed by atoms with Crippen molar-refractivity contribution in [3.05, 3.63) is 71.0 Å². The second-order valence-electron chi connectivity index (χ2n) is 6.67. The molecule has 2 aromatic carbocycles. The largest absolute Gasteiger partial charge is 0.355 e. The molecule has 1 atom stereocenters. The predicted octanol–water partition coefficient (Wildman–Crippen LogP) is 2.26. The second-order valence-corrected chi connectivity index (χ2v) is 6.67. The topological polar surface area (TPSA) is 87.3 Å². The van der Waals surface area contributed by atoms with E-state index in [-0.39, 0.29) is 29.8 Å². The molecule has 3 N–H and O–H groups in total. The fourth-order valence-electron chi connectivity index (χ4n) is 2.62. The lowest BCUT2D eigenvalue weighted by Crippen LogP contribution is -2.49. The molecule has 1 unspecified atom stereocenters. The number of carbonyl (C=O) groups excluding carboxylic acids is 3. The van der Waals surface area contributed by atoms with Gasteiger partial charge in [-0.05, 0) is 35.7 Å². The van der Waals surface area contributed by atoms with Crippen LogP contribution in [0.3, 0.4) is 0 Å². The summed E-state index contributed by atoms with van der Waals surface area (Å²) in [6, 6.07) is 11.6. The summed E-state index contributed by atoms with van der Waals surface area (Å²) < 4.78 is 13.8. The van der Waals surface area contributed by atoms with Gasteiger partial charge in [0.1, 0.15) is 11.9 Å². The van der Waals surface area contributed by atoms with Crippen LogP contribution in [0, 0.1) is 11.7 Å². The first-order chi connectivity index (χ1) is 13.3. The molecule has 0 aromatic heterocycles. The number of amides is 3. The van der Waals surface area contributed by atoms with Crippen LogP contribution in [0.1, 0.15) is 40.1 Å². The third kappa shape index (κ3) is 5.39. The molecule has 2 aromatic rings. The first-order valence-electron chi connectivity index (χ1n) is 8.97. The average molecular weight is 385 g/mol. The van der Waals surface area contributed by atoms with Gasteiger partial charge in [0.05, 0.1) is 5.56 Å². The predicted molar refractivity (Wildman–Crippen MR) is 104 cm³/mol. The Hall–Kier alpha value is -3.22. The smallest absolute Gasteiger partial charge is 0.254 e. The van der Waals surface area contributed by atoms with E-state index >= 15 is 0 Å². The highest BCUT2D eigenvalue weighted by atomic mass is 19.1. The van der Waals surface area contributed by atoms with Gasteiger partial charge in [-0.15, -0.1) is 0 Å². The normalized spacial score (nSPS) is 11.6. The first-order valence-corrected chi connectivity index (χ1v) is 8.97. The molecule has 0 aliphatic carbocycles. The minimum atomic E-state index is -0.808. The zero-order valence-electron chi connectivity index (χ0n) is 16.1. The third-order valence-corrected chi connectivity index (χ3v) is 4.26. The fourth-order valence-corrected chi connectivity index (χ4v) is 2.62. The number of rotatable bonds is 7. The fraction of sp³-hybridized carbons (Fsp3) is 0.286. The molecule has 0 aliphatic rings. The summed E-state index contributed by atoms with van der Waals surface area (Å²) in [4.78, 5) is 36.4. The van der Waals surface area contributed by atoms with Crippen molar-refractivity contribution >= 4 is 17.7 Å². The Balaban J connectivity index is 2.00. The Morgan fingerprint density at radius 1 is 0.964 bits per heavy atom. The van der Waals surface area contributed by atoms with Gasteiger partial charge in [0.2, 0.25) is 5.91 Å². The summed E-state index contributed by atoms with van der Waals surface area (Å²) in [7, 11) is 1.55. The first kappa shape index (κ1) is 21.1. The van der Waals surface area contributed by atoms with E-state index in [1.165, 1.54) is 18.2 Å². The van der Waals surface area contributed by atoms with E-state index in [9.17, 15) is 18.8 Å². The summed E-state index contributed by atoms with van der Waals surface area (Å²) in [5.41, 5.74) is 1.23. The van der Waals surface area contributed by atoms with Gasteiger partial charge in [0.25, 0.3) is 11.8 Å². The van der Waals surface area contributed by atoms with E-state index in [4.69, 9.17) is 0 Å². The summed E-state index contributed by atoms with van der Waals surface area (Å²) >= 11 is 0. The number of benzene rings is 2. The van der Waals surface area contributed by atoms with Gasteiger partial charge < -0.3 is 16.0 Å². The van der Waals surface area contributed by atoms with Crippen LogP contribution in [0.2, 0.25) is 0 Å². The van der Waals surface area contributed by atoms with Crippen LogP contribution in [-0.2, 0) is 11.3 Å². The van der Waals surface area contributed by atoms with Crippen LogP contribution in [0.25, 0.3) is 0 Å². The lowest BCUT2D eigenvalue weighted by molar-refractivity contribution is -0.124. The molecule has 2 rings (SSSR count). The Bertz CT molecular complexity index is 850. The molecular weight excluding hydrogens is 361 g/mol. The van der Waals surface area contributed by atoms with Gasteiger partial charge >= 0.3 is 0 Å². The van der Waals surface area contributed by atoms with Gasteiger partial charge in [-0.2, -0.15) is 0 Å². The van der Waals surface area contributed by atoms with E-state index < -0.39 is 17.8 Å². The highest BCUT2D eigenvalue weighted by Gasteiger charge is 2.25. The molecule has 3 amide bonds. The van der Waals surface area contributed by atoms with Crippen LogP contribution in [-0.4, -0.2) is 30.8 Å². The molecule has 0 saturated heterocycles. The van der Waals surface area contributed by atoms with Crippen molar-refractivity contribution in [2.24, 2.45) is 5.92 Å². The van der Waals surface area contributed by atoms with Crippen molar-refractivity contribution in [1.29, 1.82) is 0 Å². The van der Waals surface area contributed by atoms with Gasteiger partial charge in [-0.3, -0.25) is 14.4 Å². The second kappa shape index (κ2) is 9.64. The van der Waals surface area contributed by atoms with Crippen molar-refractivity contribution in [2.45, 2.75) is 26.4 Å². The SMILES string of the molecule is CNC(=O)c1ccc(CNC(=O)C(NC(=O)c2ccccc2F)C(C)C)cc1. The van der Waals surface area contributed by atoms with Crippen molar-refractivity contribution in [3.8, 4) is 0 Å². The minimum absolute atomic E-state index is 0.106. The molecule has 148 valence electrons. The Kier molecular flexibility index (Phi) is 7.26. The monoisotopic (exact) mass is 385 g/mol. The summed E-state index contributed by atoms with van der Waals surface area (Å²) in [6.07, 6.45) is 0. The molecule has 0 saturated carbocycles. The Morgan fingerprint density at radius 2 is 1.61 bits per heavy atom. The van der Waals surface area contributed by atoms with E-state index in [2.05, 4.69) is 16.0 Å². The molecule has 0 bridgehead atoms. The maximum atomic E-state index is 13.8. The standard InChI is InChI=1S/C21H24FN3O3/c1-13(2)18(25-20(27)16-6-4-5-7-17(16)22)21(28)24-12-14-8-10-15(11-9-14)19(26)23-3/h4-11,13,18H,12H2,1-3H3,(H,23,26)(H,24,28)(H,25,27). The number of hydrogen-bond donors (Lipinski definition) is 3. The number of hydrogen-bond acceptors (Lipinski definition) is 3. The van der Waals surface area contributed by atoms with E-state index in [0.29, 0.717) is 5.56 Å². The lowest BCUT2D eigenvalue weighted by Gasteiger charge is -2.22. The van der Waals surface area contributed by atoms with Crippen LogP contribution in [0.4, 0.5) is 4.39 Å². The molecule has 6 nitrogen and oxygen atoms in total. The van der Waals surface area contributed by atoms with Crippen molar-refractivity contribution in [3.63, 3.8) is 0 Å². The molecular formula is C21H24FN3O3. The van der Waals surface area contributed by atoms with Gasteiger partial charge in [0.15, 0.2) is 0 Å². The molecule has 0 spiro atoms. The Labute approximate surface area is 163 Å². The summed E-state index contributed by atoms with van der Waals surface area (Å²) in [6.45, 7) is 3.83. The van der Waals surface area contributed by atoms with Crippen LogP contribution < -0.4 is 16.0 Å². The number of carbonyl (C=O) groups is 3. The molecule has 0 heterocycles. The van der Waals surface area contributed by atoms with Gasteiger partial charge in [-0.25, -0.2) is 4.39 Å². The lowest BCUT2D eigenvalue weighted by atomic mass is 10.0. The Morgan fingerprint density at radius 3 is 2.18 bits per heavy atom. The third-order valence-electron chi connectivity index (χ3n) is 4.26.